The summed E-state index contributed by atoms with van der Waals surface area (Å²) in [5.41, 5.74) is 0. The van der Waals surface area contributed by atoms with E-state index >= 15 is 0 Å². The third-order valence-corrected chi connectivity index (χ3v) is 3.04. The lowest BCUT2D eigenvalue weighted by Gasteiger charge is -2.10. The molecular weight excluding hydrogens is 132 g/mol. The van der Waals surface area contributed by atoms with E-state index in [1.807, 2.05) is 12.2 Å². The average molecular weight is 143 g/mol. The van der Waals surface area contributed by atoms with Crippen molar-refractivity contribution in [2.75, 3.05) is 5.75 Å². The fourth-order valence-electron chi connectivity index (χ4n) is 0.735. The van der Waals surface area contributed by atoms with Gasteiger partial charge in [-0.15, -0.1) is 0 Å². The molecule has 0 amide bonds. The second-order valence-corrected chi connectivity index (χ2v) is 4.02. The maximum absolute atomic E-state index is 8.85. The quantitative estimate of drug-likeness (QED) is 0.557. The molecule has 0 saturated carbocycles. The summed E-state index contributed by atoms with van der Waals surface area (Å²) in [5, 5.41) is 13.1. The molecule has 1 radical (unpaired) electrons. The minimum atomic E-state index is -0.400. The van der Waals surface area contributed by atoms with Crippen molar-refractivity contribution in [1.29, 1.82) is 0 Å². The Morgan fingerprint density at radius 3 is 2.44 bits per heavy atom. The van der Waals surface area contributed by atoms with Crippen LogP contribution in [0.25, 0.3) is 0 Å². The first kappa shape index (κ1) is 6.90. The Morgan fingerprint density at radius 2 is 2.00 bits per heavy atom. The van der Waals surface area contributed by atoms with E-state index in [1.54, 1.807) is 0 Å². The van der Waals surface area contributed by atoms with Crippen molar-refractivity contribution >= 4 is 10.9 Å². The molecule has 0 saturated heterocycles. The van der Waals surface area contributed by atoms with Gasteiger partial charge in [0.25, 0.3) is 0 Å². The third kappa shape index (κ3) is 2.24. The predicted molar refractivity (Wildman–Crippen MR) is 43.5 cm³/mol. The van der Waals surface area contributed by atoms with E-state index in [0.717, 1.165) is 5.75 Å². The van der Waals surface area contributed by atoms with Gasteiger partial charge in [0, 0.05) is 5.75 Å². The normalized spacial score (nSPS) is 23.1. The van der Waals surface area contributed by atoms with Gasteiger partial charge in [-0.1, -0.05) is 12.2 Å². The van der Waals surface area contributed by atoms with Crippen LogP contribution in [0.2, 0.25) is 0 Å². The van der Waals surface area contributed by atoms with Gasteiger partial charge in [-0.2, -0.15) is 0 Å². The van der Waals surface area contributed by atoms with Crippen molar-refractivity contribution in [2.24, 2.45) is 0 Å². The first-order valence-electron chi connectivity index (χ1n) is 2.91. The Morgan fingerprint density at radius 1 is 1.44 bits per heavy atom. The molecular formula is C7H11OS. The van der Waals surface area contributed by atoms with E-state index in [0.29, 0.717) is 0 Å². The molecule has 1 aliphatic rings. The molecule has 1 atom stereocenters. The lowest BCUT2D eigenvalue weighted by molar-refractivity contribution is 0.246. The Balaban J connectivity index is 2.29. The Bertz CT molecular complexity index is 126. The minimum absolute atomic E-state index is 0.158. The van der Waals surface area contributed by atoms with Gasteiger partial charge < -0.3 is 5.11 Å². The van der Waals surface area contributed by atoms with Gasteiger partial charge in [-0.05, 0) is 17.7 Å². The van der Waals surface area contributed by atoms with Crippen LogP contribution in [0.5, 0.6) is 0 Å². The van der Waals surface area contributed by atoms with E-state index in [-0.39, 0.29) is 10.9 Å². The van der Waals surface area contributed by atoms with Crippen molar-refractivity contribution in [1.82, 2.24) is 0 Å². The van der Waals surface area contributed by atoms with Crippen molar-refractivity contribution in [2.45, 2.75) is 6.10 Å². The predicted octanol–water partition coefficient (Wildman–Crippen LogP) is 1.22. The molecule has 9 heavy (non-hydrogen) atoms. The molecule has 0 aromatic rings. The molecule has 0 aromatic carbocycles. The van der Waals surface area contributed by atoms with Gasteiger partial charge >= 0.3 is 0 Å². The SMILES string of the molecule is [CH2]C(O)C[SH]1C=CC=C1. The second kappa shape index (κ2) is 3.08. The first-order chi connectivity index (χ1) is 4.29. The molecule has 2 heteroatoms. The summed E-state index contributed by atoms with van der Waals surface area (Å²) in [6.07, 6.45) is 3.64. The molecule has 0 fully saturated rings. The monoisotopic (exact) mass is 143 g/mol. The van der Waals surface area contributed by atoms with E-state index in [1.165, 1.54) is 0 Å². The molecule has 0 bridgehead atoms. The van der Waals surface area contributed by atoms with Crippen molar-refractivity contribution in [3.05, 3.63) is 29.9 Å². The molecule has 1 N–H and O–H groups in total. The number of hydrogen-bond acceptors (Lipinski definition) is 1. The number of aliphatic hydroxyl groups excluding tert-OH is 1. The summed E-state index contributed by atoms with van der Waals surface area (Å²) >= 11 is 0. The van der Waals surface area contributed by atoms with Crippen LogP contribution in [0.15, 0.2) is 23.0 Å². The van der Waals surface area contributed by atoms with Crippen LogP contribution >= 0.6 is 10.9 Å². The van der Waals surface area contributed by atoms with Gasteiger partial charge in [-0.3, -0.25) is 0 Å². The van der Waals surface area contributed by atoms with Crippen molar-refractivity contribution in [3.8, 4) is 0 Å². The molecule has 1 heterocycles. The zero-order valence-corrected chi connectivity index (χ0v) is 6.09. The van der Waals surface area contributed by atoms with Crippen LogP contribution < -0.4 is 0 Å². The molecule has 1 unspecified atom stereocenters. The van der Waals surface area contributed by atoms with Gasteiger partial charge in [0.1, 0.15) is 0 Å². The highest BCUT2D eigenvalue weighted by atomic mass is 32.2. The number of rotatable bonds is 2. The molecule has 0 aromatic heterocycles. The van der Waals surface area contributed by atoms with E-state index in [2.05, 4.69) is 17.7 Å². The number of allylic oxidation sites excluding steroid dienone is 2. The lowest BCUT2D eigenvalue weighted by Crippen LogP contribution is -2.04. The molecule has 0 aliphatic carbocycles. The summed E-state index contributed by atoms with van der Waals surface area (Å²) in [7, 11) is -0.158. The fraction of sp³-hybridized carbons (Fsp3) is 0.286. The summed E-state index contributed by atoms with van der Waals surface area (Å²) in [6, 6.07) is 0. The Labute approximate surface area is 58.4 Å². The van der Waals surface area contributed by atoms with Crippen molar-refractivity contribution < 1.29 is 5.11 Å². The highest BCUT2D eigenvalue weighted by molar-refractivity contribution is 8.22. The second-order valence-electron chi connectivity index (χ2n) is 2.03. The molecule has 1 rings (SSSR count). The van der Waals surface area contributed by atoms with Crippen LogP contribution in [0.4, 0.5) is 0 Å². The Hall–Kier alpha value is -0.210. The fourth-order valence-corrected chi connectivity index (χ4v) is 2.21. The summed E-state index contributed by atoms with van der Waals surface area (Å²) in [4.78, 5) is 0. The standard InChI is InChI=1S/C7H11OS/c1-7(8)6-9-4-2-3-5-9/h2-5,7-9H,1,6H2. The average Bonchev–Trinajstić information content (AvgIpc) is 2.15. The lowest BCUT2D eigenvalue weighted by atomic mass is 10.5. The minimum Gasteiger partial charge on any atom is -0.392 e. The van der Waals surface area contributed by atoms with Crippen LogP contribution in [-0.2, 0) is 0 Å². The van der Waals surface area contributed by atoms with Crippen LogP contribution in [0, 0.1) is 6.92 Å². The highest BCUT2D eigenvalue weighted by Crippen LogP contribution is 2.32. The molecule has 1 aliphatic heterocycles. The van der Waals surface area contributed by atoms with E-state index in [9.17, 15) is 0 Å². The third-order valence-electron chi connectivity index (χ3n) is 1.09. The van der Waals surface area contributed by atoms with Gasteiger partial charge in [0.05, 0.1) is 6.10 Å². The van der Waals surface area contributed by atoms with Crippen molar-refractivity contribution in [3.63, 3.8) is 0 Å². The number of aliphatic hydroxyl groups is 1. The first-order valence-corrected chi connectivity index (χ1v) is 4.57. The van der Waals surface area contributed by atoms with Crippen LogP contribution in [-0.4, -0.2) is 17.0 Å². The summed E-state index contributed by atoms with van der Waals surface area (Å²) in [5.74, 6) is 0.808. The maximum Gasteiger partial charge on any atom is 0.0620 e. The van der Waals surface area contributed by atoms with Crippen LogP contribution in [0.3, 0.4) is 0 Å². The zero-order valence-electron chi connectivity index (χ0n) is 5.20. The summed E-state index contributed by atoms with van der Waals surface area (Å²) < 4.78 is 0. The van der Waals surface area contributed by atoms with Gasteiger partial charge in [0.15, 0.2) is 0 Å². The largest absolute Gasteiger partial charge is 0.392 e. The molecule has 0 spiro atoms. The Kier molecular flexibility index (Phi) is 2.37. The molecule has 1 nitrogen and oxygen atoms in total. The summed E-state index contributed by atoms with van der Waals surface area (Å²) in [6.45, 7) is 3.51. The number of hydrogen-bond donors (Lipinski definition) is 2. The topological polar surface area (TPSA) is 20.2 Å². The maximum atomic E-state index is 8.85. The highest BCUT2D eigenvalue weighted by Gasteiger charge is 2.01. The van der Waals surface area contributed by atoms with Gasteiger partial charge in [-0.25, -0.2) is 10.9 Å². The smallest absolute Gasteiger partial charge is 0.0620 e. The van der Waals surface area contributed by atoms with Gasteiger partial charge in [0.2, 0.25) is 0 Å². The molecule has 51 valence electrons. The van der Waals surface area contributed by atoms with E-state index in [4.69, 9.17) is 5.11 Å². The zero-order chi connectivity index (χ0) is 6.69. The van der Waals surface area contributed by atoms with Crippen LogP contribution in [0.1, 0.15) is 0 Å². The number of thiol groups is 1. The van der Waals surface area contributed by atoms with E-state index < -0.39 is 6.10 Å².